The number of nitrogens with zero attached hydrogens (tertiary/aromatic N) is 1. The maximum absolute atomic E-state index is 4.79. The maximum atomic E-state index is 4.79. The molecule has 1 aliphatic carbocycles. The molecule has 0 bridgehead atoms. The van der Waals surface area contributed by atoms with Crippen molar-refractivity contribution in [2.24, 2.45) is 5.41 Å². The molecule has 1 heteroatoms. The second-order valence-electron chi connectivity index (χ2n) is 9.54. The van der Waals surface area contributed by atoms with E-state index >= 15 is 0 Å². The molecule has 0 radical (unpaired) electrons. The minimum atomic E-state index is 0.589. The second-order valence-corrected chi connectivity index (χ2v) is 9.54. The van der Waals surface area contributed by atoms with Crippen LogP contribution in [0.5, 0.6) is 0 Å². The summed E-state index contributed by atoms with van der Waals surface area (Å²) in [5.74, 6) is 0. The van der Waals surface area contributed by atoms with Crippen LogP contribution in [0.3, 0.4) is 0 Å². The van der Waals surface area contributed by atoms with Crippen LogP contribution in [0.25, 0.3) is 32.8 Å². The van der Waals surface area contributed by atoms with Crippen molar-refractivity contribution in [2.75, 3.05) is 0 Å². The van der Waals surface area contributed by atoms with Crippen LogP contribution in [0.2, 0.25) is 0 Å². The number of pyridine rings is 1. The Morgan fingerprint density at radius 1 is 0.767 bits per heavy atom. The van der Waals surface area contributed by atoms with Crippen molar-refractivity contribution in [1.82, 2.24) is 4.98 Å². The Balaban J connectivity index is 1.32. The highest BCUT2D eigenvalue weighted by atomic mass is 14.7. The lowest BCUT2D eigenvalue weighted by atomic mass is 9.72. The molecule has 0 saturated heterocycles. The van der Waals surface area contributed by atoms with Gasteiger partial charge >= 0.3 is 0 Å². The van der Waals surface area contributed by atoms with Crippen molar-refractivity contribution in [2.45, 2.75) is 58.3 Å². The summed E-state index contributed by atoms with van der Waals surface area (Å²) in [6, 6.07) is 24.3. The molecule has 0 spiro atoms. The molecule has 30 heavy (non-hydrogen) atoms. The summed E-state index contributed by atoms with van der Waals surface area (Å²) in [4.78, 5) is 4.79. The van der Waals surface area contributed by atoms with Crippen LogP contribution >= 0.6 is 0 Å². The predicted octanol–water partition coefficient (Wildman–Crippen LogP) is 8.35. The number of hydrogen-bond acceptors (Lipinski definition) is 1. The molecule has 0 unspecified atom stereocenters. The molecular formula is C29H31N. The van der Waals surface area contributed by atoms with Gasteiger partial charge in [-0.05, 0) is 77.4 Å². The topological polar surface area (TPSA) is 12.9 Å². The molecule has 1 aromatic heterocycles. The van der Waals surface area contributed by atoms with E-state index in [1.54, 1.807) is 0 Å². The highest BCUT2D eigenvalue weighted by Crippen LogP contribution is 2.40. The zero-order valence-electron chi connectivity index (χ0n) is 18.0. The molecule has 1 heterocycles. The third-order valence-corrected chi connectivity index (χ3v) is 7.14. The van der Waals surface area contributed by atoms with Gasteiger partial charge in [-0.3, -0.25) is 4.98 Å². The molecule has 5 rings (SSSR count). The first-order valence-corrected chi connectivity index (χ1v) is 11.6. The van der Waals surface area contributed by atoms with Crippen LogP contribution in [0.15, 0.2) is 72.9 Å². The highest BCUT2D eigenvalue weighted by Gasteiger charge is 2.25. The van der Waals surface area contributed by atoms with Gasteiger partial charge in [-0.25, -0.2) is 0 Å². The Morgan fingerprint density at radius 2 is 1.53 bits per heavy atom. The Kier molecular flexibility index (Phi) is 5.29. The van der Waals surface area contributed by atoms with Crippen LogP contribution in [0.4, 0.5) is 0 Å². The normalized spacial score (nSPS) is 16.2. The number of aromatic nitrogens is 1. The average molecular weight is 394 g/mol. The molecule has 1 saturated carbocycles. The fourth-order valence-electron chi connectivity index (χ4n) is 5.23. The molecule has 152 valence electrons. The van der Waals surface area contributed by atoms with Gasteiger partial charge in [0.1, 0.15) is 0 Å². The van der Waals surface area contributed by atoms with E-state index in [1.165, 1.54) is 84.0 Å². The van der Waals surface area contributed by atoms with Crippen molar-refractivity contribution in [3.63, 3.8) is 0 Å². The molecule has 0 atom stereocenters. The summed E-state index contributed by atoms with van der Waals surface area (Å²) in [6.45, 7) is 2.50. The van der Waals surface area contributed by atoms with Crippen molar-refractivity contribution < 1.29 is 0 Å². The first kappa shape index (κ1) is 19.3. The van der Waals surface area contributed by atoms with E-state index in [0.29, 0.717) is 5.41 Å². The Labute approximate surface area is 180 Å². The fourth-order valence-corrected chi connectivity index (χ4v) is 5.23. The van der Waals surface area contributed by atoms with Gasteiger partial charge in [0.2, 0.25) is 0 Å². The van der Waals surface area contributed by atoms with Crippen LogP contribution in [-0.2, 0) is 6.42 Å². The monoisotopic (exact) mass is 393 g/mol. The fraction of sp³-hybridized carbons (Fsp3) is 0.345. The summed E-state index contributed by atoms with van der Waals surface area (Å²) in [5.41, 5.74) is 4.26. The molecular weight excluding hydrogens is 362 g/mol. The van der Waals surface area contributed by atoms with Gasteiger partial charge in [-0.15, -0.1) is 0 Å². The van der Waals surface area contributed by atoms with E-state index in [4.69, 9.17) is 4.98 Å². The van der Waals surface area contributed by atoms with Gasteiger partial charge in [-0.2, -0.15) is 0 Å². The summed E-state index contributed by atoms with van der Waals surface area (Å²) >= 11 is 0. The third kappa shape index (κ3) is 4.12. The van der Waals surface area contributed by atoms with Gasteiger partial charge < -0.3 is 0 Å². The van der Waals surface area contributed by atoms with Crippen molar-refractivity contribution in [3.8, 4) is 11.3 Å². The summed E-state index contributed by atoms with van der Waals surface area (Å²) in [5, 5.41) is 5.06. The van der Waals surface area contributed by atoms with Gasteiger partial charge in [0.25, 0.3) is 0 Å². The molecule has 0 N–H and O–H groups in total. The second kappa shape index (κ2) is 8.22. The first-order chi connectivity index (χ1) is 14.7. The minimum Gasteiger partial charge on any atom is -0.256 e. The van der Waals surface area contributed by atoms with Crippen molar-refractivity contribution in [3.05, 3.63) is 78.5 Å². The van der Waals surface area contributed by atoms with Crippen LogP contribution in [0.1, 0.15) is 57.4 Å². The molecule has 0 aliphatic heterocycles. The number of aryl methyl sites for hydroxylation is 1. The SMILES string of the molecule is CC1(CCCc2ccc3cc(-c4ccc5ccccc5c4)ncc3c2)CCCCC1. The Morgan fingerprint density at radius 3 is 2.40 bits per heavy atom. The highest BCUT2D eigenvalue weighted by molar-refractivity contribution is 5.89. The number of benzene rings is 3. The van der Waals surface area contributed by atoms with Crippen LogP contribution in [0, 0.1) is 5.41 Å². The number of rotatable bonds is 5. The molecule has 3 aromatic carbocycles. The molecule has 0 amide bonds. The van der Waals surface area contributed by atoms with Crippen molar-refractivity contribution >= 4 is 21.5 Å². The largest absolute Gasteiger partial charge is 0.256 e. The predicted molar refractivity (Wildman–Crippen MR) is 129 cm³/mol. The van der Waals surface area contributed by atoms with Crippen LogP contribution in [-0.4, -0.2) is 4.98 Å². The van der Waals surface area contributed by atoms with E-state index in [-0.39, 0.29) is 0 Å². The summed E-state index contributed by atoms with van der Waals surface area (Å²) in [6.07, 6.45) is 13.0. The Bertz CT molecular complexity index is 1170. The molecule has 1 aliphatic rings. The molecule has 4 aromatic rings. The molecule has 1 nitrogen and oxygen atoms in total. The first-order valence-electron chi connectivity index (χ1n) is 11.6. The third-order valence-electron chi connectivity index (χ3n) is 7.14. The van der Waals surface area contributed by atoms with E-state index in [2.05, 4.69) is 73.7 Å². The molecule has 1 fully saturated rings. The standard InChI is InChI=1S/C29H31N/c1-29(15-5-2-6-16-29)17-7-8-22-11-12-25-20-28(30-21-27(25)18-22)26-14-13-23-9-3-4-10-24(23)19-26/h3-4,9-14,18-21H,2,5-8,15-17H2,1H3. The van der Waals surface area contributed by atoms with E-state index in [9.17, 15) is 0 Å². The quantitative estimate of drug-likeness (QED) is 0.332. The average Bonchev–Trinajstić information content (AvgIpc) is 2.79. The van der Waals surface area contributed by atoms with Gasteiger partial charge in [0.15, 0.2) is 0 Å². The van der Waals surface area contributed by atoms with Crippen LogP contribution < -0.4 is 0 Å². The lowest BCUT2D eigenvalue weighted by Gasteiger charge is -2.33. The lowest BCUT2D eigenvalue weighted by Crippen LogP contribution is -2.20. The minimum absolute atomic E-state index is 0.589. The number of fused-ring (bicyclic) bond motifs is 2. The smallest absolute Gasteiger partial charge is 0.0708 e. The van der Waals surface area contributed by atoms with Gasteiger partial charge in [0.05, 0.1) is 5.69 Å². The Hall–Kier alpha value is -2.67. The van der Waals surface area contributed by atoms with E-state index < -0.39 is 0 Å². The van der Waals surface area contributed by atoms with Crippen molar-refractivity contribution in [1.29, 1.82) is 0 Å². The van der Waals surface area contributed by atoms with Gasteiger partial charge in [0, 0.05) is 17.1 Å². The number of hydrogen-bond donors (Lipinski definition) is 0. The van der Waals surface area contributed by atoms with E-state index in [1.807, 2.05) is 6.20 Å². The zero-order chi connectivity index (χ0) is 20.4. The van der Waals surface area contributed by atoms with E-state index in [0.717, 1.165) is 5.69 Å². The maximum Gasteiger partial charge on any atom is 0.0708 e. The zero-order valence-corrected chi connectivity index (χ0v) is 18.0. The van der Waals surface area contributed by atoms with Gasteiger partial charge in [-0.1, -0.05) is 74.7 Å². The summed E-state index contributed by atoms with van der Waals surface area (Å²) in [7, 11) is 0. The summed E-state index contributed by atoms with van der Waals surface area (Å²) < 4.78 is 0. The lowest BCUT2D eigenvalue weighted by molar-refractivity contribution is 0.195.